The topological polar surface area (TPSA) is 90.8 Å². The number of carbonyl (C=O) groups is 2. The molecule has 0 aliphatic rings. The van der Waals surface area contributed by atoms with Crippen LogP contribution in [0.3, 0.4) is 0 Å². The first kappa shape index (κ1) is 21.3. The van der Waals surface area contributed by atoms with Crippen molar-refractivity contribution in [1.82, 2.24) is 5.43 Å². The van der Waals surface area contributed by atoms with Gasteiger partial charge in [-0.25, -0.2) is 5.43 Å². The summed E-state index contributed by atoms with van der Waals surface area (Å²) < 4.78 is 0. The average molecular weight is 449 g/mol. The summed E-state index contributed by atoms with van der Waals surface area (Å²) >= 11 is 23.4. The highest BCUT2D eigenvalue weighted by molar-refractivity contribution is 6.37. The minimum absolute atomic E-state index is 0.0628. The molecule has 0 saturated carbocycles. The molecule has 6 nitrogen and oxygen atoms in total. The van der Waals surface area contributed by atoms with Gasteiger partial charge in [-0.15, -0.1) is 0 Å². The van der Waals surface area contributed by atoms with Gasteiger partial charge in [-0.2, -0.15) is 5.10 Å². The molecule has 2 aromatic carbocycles. The van der Waals surface area contributed by atoms with Gasteiger partial charge in [0, 0.05) is 28.5 Å². The zero-order valence-corrected chi connectivity index (χ0v) is 16.6. The lowest BCUT2D eigenvalue weighted by Crippen LogP contribution is -2.20. The Morgan fingerprint density at radius 2 is 1.63 bits per heavy atom. The number of hydrogen-bond donors (Lipinski definition) is 3. The van der Waals surface area contributed by atoms with Gasteiger partial charge < -0.3 is 10.4 Å². The monoisotopic (exact) mass is 447 g/mol. The lowest BCUT2D eigenvalue weighted by Gasteiger charge is -2.07. The van der Waals surface area contributed by atoms with Crippen LogP contribution in [0.4, 0.5) is 5.69 Å². The number of amides is 2. The van der Waals surface area contributed by atoms with E-state index in [1.165, 1.54) is 24.4 Å². The van der Waals surface area contributed by atoms with Crippen LogP contribution in [-0.4, -0.2) is 23.1 Å². The zero-order chi connectivity index (χ0) is 20.0. The molecule has 2 aromatic rings. The van der Waals surface area contributed by atoms with Crippen LogP contribution in [0.1, 0.15) is 18.4 Å². The molecular formula is C17H13Cl4N3O3. The first-order valence-electron chi connectivity index (χ1n) is 7.51. The highest BCUT2D eigenvalue weighted by atomic mass is 35.5. The molecule has 3 N–H and O–H groups in total. The normalized spacial score (nSPS) is 10.8. The summed E-state index contributed by atoms with van der Waals surface area (Å²) in [4.78, 5) is 23.6. The third kappa shape index (κ3) is 6.59. The number of aromatic hydroxyl groups is 1. The number of rotatable bonds is 6. The summed E-state index contributed by atoms with van der Waals surface area (Å²) in [6.07, 6.45) is 1.02. The second kappa shape index (κ2) is 9.80. The van der Waals surface area contributed by atoms with Gasteiger partial charge in [0.15, 0.2) is 0 Å². The van der Waals surface area contributed by atoms with Gasteiger partial charge in [-0.1, -0.05) is 46.4 Å². The highest BCUT2D eigenvalue weighted by Crippen LogP contribution is 2.30. The molecule has 0 aliphatic carbocycles. The molecule has 0 aliphatic heterocycles. The summed E-state index contributed by atoms with van der Waals surface area (Å²) in [5.41, 5.74) is 2.88. The summed E-state index contributed by atoms with van der Waals surface area (Å²) in [5, 5.41) is 17.2. The van der Waals surface area contributed by atoms with Crippen LogP contribution in [0.15, 0.2) is 35.4 Å². The van der Waals surface area contributed by atoms with Crippen LogP contribution in [0.5, 0.6) is 5.75 Å². The number of hydrazone groups is 1. The number of hydrogen-bond acceptors (Lipinski definition) is 4. The van der Waals surface area contributed by atoms with Crippen molar-refractivity contribution in [2.24, 2.45) is 5.10 Å². The highest BCUT2D eigenvalue weighted by Gasteiger charge is 2.10. The number of benzene rings is 2. The SMILES string of the molecule is O=C(CCC(=O)Nc1ccc(Cl)cc1Cl)NN=Cc1cc(Cl)cc(Cl)c1O. The largest absolute Gasteiger partial charge is 0.506 e. The van der Waals surface area contributed by atoms with E-state index in [0.717, 1.165) is 0 Å². The number of anilines is 1. The number of phenols is 1. The predicted molar refractivity (Wildman–Crippen MR) is 108 cm³/mol. The number of nitrogens with zero attached hydrogens (tertiary/aromatic N) is 1. The van der Waals surface area contributed by atoms with Crippen LogP contribution in [-0.2, 0) is 9.59 Å². The molecule has 0 heterocycles. The van der Waals surface area contributed by atoms with Crippen molar-refractivity contribution in [3.05, 3.63) is 56.0 Å². The summed E-state index contributed by atoms with van der Waals surface area (Å²) in [6, 6.07) is 7.46. The van der Waals surface area contributed by atoms with Crippen molar-refractivity contribution in [1.29, 1.82) is 0 Å². The molecule has 0 saturated heterocycles. The Labute approximate surface area is 175 Å². The second-order valence-corrected chi connectivity index (χ2v) is 6.98. The second-order valence-electron chi connectivity index (χ2n) is 5.29. The van der Waals surface area contributed by atoms with Gasteiger partial charge in [0.1, 0.15) is 5.75 Å². The lowest BCUT2D eigenvalue weighted by molar-refractivity contribution is -0.124. The zero-order valence-electron chi connectivity index (χ0n) is 13.6. The van der Waals surface area contributed by atoms with Gasteiger partial charge in [0.25, 0.3) is 0 Å². The van der Waals surface area contributed by atoms with Crippen molar-refractivity contribution >= 4 is 70.1 Å². The Kier molecular flexibility index (Phi) is 7.74. The fraction of sp³-hybridized carbons (Fsp3) is 0.118. The maximum absolute atomic E-state index is 11.9. The van der Waals surface area contributed by atoms with E-state index in [1.807, 2.05) is 0 Å². The van der Waals surface area contributed by atoms with Crippen molar-refractivity contribution < 1.29 is 14.7 Å². The number of nitrogens with one attached hydrogen (secondary N) is 2. The van der Waals surface area contributed by atoms with E-state index in [2.05, 4.69) is 15.8 Å². The maximum atomic E-state index is 11.9. The molecule has 27 heavy (non-hydrogen) atoms. The quantitative estimate of drug-likeness (QED) is 0.434. The average Bonchev–Trinajstić information content (AvgIpc) is 2.59. The molecule has 2 amide bonds. The number of carbonyl (C=O) groups excluding carboxylic acids is 2. The first-order chi connectivity index (χ1) is 12.8. The fourth-order valence-corrected chi connectivity index (χ4v) is 2.91. The van der Waals surface area contributed by atoms with Crippen molar-refractivity contribution in [2.45, 2.75) is 12.8 Å². The third-order valence-corrected chi connectivity index (χ3v) is 4.29. The van der Waals surface area contributed by atoms with Crippen LogP contribution >= 0.6 is 46.4 Å². The van der Waals surface area contributed by atoms with Crippen LogP contribution in [0.2, 0.25) is 20.1 Å². The van der Waals surface area contributed by atoms with Crippen LogP contribution in [0.25, 0.3) is 0 Å². The van der Waals surface area contributed by atoms with E-state index in [4.69, 9.17) is 46.4 Å². The smallest absolute Gasteiger partial charge is 0.240 e. The molecule has 0 aromatic heterocycles. The maximum Gasteiger partial charge on any atom is 0.240 e. The third-order valence-electron chi connectivity index (χ3n) is 3.23. The Balaban J connectivity index is 1.83. The molecule has 0 unspecified atom stereocenters. The van der Waals surface area contributed by atoms with E-state index in [0.29, 0.717) is 20.8 Å². The van der Waals surface area contributed by atoms with E-state index in [-0.39, 0.29) is 29.2 Å². The Hall–Kier alpha value is -1.99. The van der Waals surface area contributed by atoms with E-state index in [9.17, 15) is 14.7 Å². The van der Waals surface area contributed by atoms with Gasteiger partial charge in [-0.05, 0) is 30.3 Å². The molecule has 142 valence electrons. The van der Waals surface area contributed by atoms with Crippen molar-refractivity contribution in [3.63, 3.8) is 0 Å². The van der Waals surface area contributed by atoms with E-state index >= 15 is 0 Å². The predicted octanol–water partition coefficient (Wildman–Crippen LogP) is 4.87. The molecular weight excluding hydrogens is 436 g/mol. The van der Waals surface area contributed by atoms with Gasteiger partial charge in [0.2, 0.25) is 11.8 Å². The Bertz CT molecular complexity index is 903. The minimum atomic E-state index is -0.490. The molecule has 0 radical (unpaired) electrons. The van der Waals surface area contributed by atoms with Gasteiger partial charge >= 0.3 is 0 Å². The minimum Gasteiger partial charge on any atom is -0.506 e. The summed E-state index contributed by atoms with van der Waals surface area (Å²) in [7, 11) is 0. The van der Waals surface area contributed by atoms with E-state index in [1.54, 1.807) is 12.1 Å². The summed E-state index contributed by atoms with van der Waals surface area (Å²) in [6.45, 7) is 0. The molecule has 0 bridgehead atoms. The van der Waals surface area contributed by atoms with Crippen LogP contribution in [0, 0.1) is 0 Å². The standard InChI is InChI=1S/C17H13Cl4N3O3/c18-10-1-2-14(12(20)6-10)23-15(25)3-4-16(26)24-22-8-9-5-11(19)7-13(21)17(9)27/h1-2,5-8,27H,3-4H2,(H,23,25)(H,24,26). The van der Waals surface area contributed by atoms with Crippen molar-refractivity contribution in [2.75, 3.05) is 5.32 Å². The molecule has 2 rings (SSSR count). The lowest BCUT2D eigenvalue weighted by atomic mass is 10.2. The summed E-state index contributed by atoms with van der Waals surface area (Å²) in [5.74, 6) is -1.09. The molecule has 0 spiro atoms. The molecule has 10 heteroatoms. The van der Waals surface area contributed by atoms with Gasteiger partial charge in [0.05, 0.1) is 21.9 Å². The first-order valence-corrected chi connectivity index (χ1v) is 9.02. The Morgan fingerprint density at radius 3 is 2.33 bits per heavy atom. The molecule has 0 fully saturated rings. The van der Waals surface area contributed by atoms with Crippen LogP contribution < -0.4 is 10.7 Å². The van der Waals surface area contributed by atoms with E-state index < -0.39 is 11.8 Å². The fourth-order valence-electron chi connectivity index (χ4n) is 1.94. The molecule has 0 atom stereocenters. The van der Waals surface area contributed by atoms with Crippen molar-refractivity contribution in [3.8, 4) is 5.75 Å². The van der Waals surface area contributed by atoms with Gasteiger partial charge in [-0.3, -0.25) is 9.59 Å². The Morgan fingerprint density at radius 1 is 0.963 bits per heavy atom. The number of halogens is 4. The number of phenolic OH excluding ortho intramolecular Hbond substituents is 1.